The average Bonchev–Trinajstić information content (AvgIpc) is 1.15. The maximum atomic E-state index is 15.2. The molecule has 1 aliphatic carbocycles. The molecule has 18 nitrogen and oxygen atoms in total. The van der Waals surface area contributed by atoms with Gasteiger partial charge in [0.05, 0.1) is 48.9 Å². The van der Waals surface area contributed by atoms with Crippen LogP contribution in [0.15, 0.2) is 146 Å². The topological polar surface area (TPSA) is 239 Å². The molecule has 4 amide bonds. The highest BCUT2D eigenvalue weighted by atomic mass is 16.5. The minimum absolute atomic E-state index is 0.00413. The van der Waals surface area contributed by atoms with Crippen molar-refractivity contribution in [2.75, 3.05) is 47.7 Å². The van der Waals surface area contributed by atoms with Crippen molar-refractivity contribution < 1.29 is 47.7 Å². The summed E-state index contributed by atoms with van der Waals surface area (Å²) in [5.74, 6) is -1.86. The van der Waals surface area contributed by atoms with Gasteiger partial charge >= 0.3 is 0 Å². The third-order valence-electron chi connectivity index (χ3n) is 14.2. The fraction of sp³-hybridized carbons (Fsp3) is 0.229. The Morgan fingerprint density at radius 1 is 0.352 bits per heavy atom. The number of hydrogen-bond acceptors (Lipinski definition) is 14. The second-order valence-corrected chi connectivity index (χ2v) is 23.2. The van der Waals surface area contributed by atoms with Crippen LogP contribution in [0.5, 0.6) is 23.0 Å². The molecule has 0 radical (unpaired) electrons. The monoisotopic (exact) mass is 1180 g/mol. The van der Waals surface area contributed by atoms with E-state index in [4.69, 9.17) is 38.9 Å². The van der Waals surface area contributed by atoms with Crippen molar-refractivity contribution in [2.45, 2.75) is 55.4 Å². The lowest BCUT2D eigenvalue weighted by Crippen LogP contribution is -2.26. The Balaban J connectivity index is 0.959. The summed E-state index contributed by atoms with van der Waals surface area (Å²) in [6.07, 6.45) is 0. The Morgan fingerprint density at radius 3 is 0.920 bits per heavy atom. The van der Waals surface area contributed by atoms with Crippen molar-refractivity contribution in [1.29, 1.82) is 0 Å². The van der Waals surface area contributed by atoms with Crippen LogP contribution < -0.4 is 40.2 Å². The van der Waals surface area contributed by atoms with E-state index in [1.54, 1.807) is 84.9 Å². The highest BCUT2D eigenvalue weighted by molar-refractivity contribution is 6.33. The Bertz CT molecular complexity index is 4160. The molecule has 6 aromatic carbocycles. The molecule has 0 bridgehead atoms. The first-order valence-corrected chi connectivity index (χ1v) is 29.2. The molecule has 4 aromatic heterocycles. The van der Waals surface area contributed by atoms with Gasteiger partial charge in [0.2, 0.25) is 0 Å². The predicted octanol–water partition coefficient (Wildman–Crippen LogP) is 13.8. The Hall–Kier alpha value is -10.6. The largest absolute Gasteiger partial charge is 0.493 e. The van der Waals surface area contributed by atoms with E-state index < -0.39 is 35.2 Å². The molecule has 0 saturated carbocycles. The number of anilines is 4. The van der Waals surface area contributed by atoms with Gasteiger partial charge in [-0.15, -0.1) is 0 Å². The summed E-state index contributed by atoms with van der Waals surface area (Å²) in [4.78, 5) is 107. The summed E-state index contributed by atoms with van der Waals surface area (Å²) < 4.78 is 25.4. The molecule has 18 heteroatoms. The number of pyridine rings is 4. The molecule has 444 valence electrons. The van der Waals surface area contributed by atoms with Gasteiger partial charge in [-0.05, 0) is 84.3 Å². The Kier molecular flexibility index (Phi) is 16.9. The van der Waals surface area contributed by atoms with Gasteiger partial charge in [0.25, 0.3) is 23.6 Å². The van der Waals surface area contributed by atoms with Crippen LogP contribution in [0.2, 0.25) is 0 Å². The van der Waals surface area contributed by atoms with Crippen molar-refractivity contribution in [2.24, 2.45) is 23.7 Å². The third-order valence-corrected chi connectivity index (χ3v) is 14.2. The molecule has 0 fully saturated rings. The van der Waals surface area contributed by atoms with E-state index in [0.29, 0.717) is 69.1 Å². The zero-order valence-corrected chi connectivity index (χ0v) is 49.9. The lowest BCUT2D eigenvalue weighted by Gasteiger charge is -2.23. The van der Waals surface area contributed by atoms with E-state index in [9.17, 15) is 24.0 Å². The first-order valence-electron chi connectivity index (χ1n) is 29.2. The van der Waals surface area contributed by atoms with Crippen molar-refractivity contribution in [3.05, 3.63) is 191 Å². The number of aromatic nitrogens is 4. The number of nitrogens with one attached hydrogen (secondary N) is 4. The third kappa shape index (κ3) is 12.4. The zero-order chi connectivity index (χ0) is 61.9. The first kappa shape index (κ1) is 59.1. The van der Waals surface area contributed by atoms with E-state index in [1.165, 1.54) is 36.4 Å². The Morgan fingerprint density at radius 2 is 0.636 bits per heavy atom. The second kappa shape index (κ2) is 25.1. The molecule has 0 aliphatic heterocycles. The number of carbonyl (C=O) groups is 6. The quantitative estimate of drug-likeness (QED) is 0.0519. The second-order valence-electron chi connectivity index (χ2n) is 23.2. The maximum Gasteiger partial charge on any atom is 0.274 e. The molecule has 0 spiro atoms. The van der Waals surface area contributed by atoms with Crippen LogP contribution in [0.25, 0.3) is 43.6 Å². The van der Waals surface area contributed by atoms with Crippen molar-refractivity contribution in [1.82, 2.24) is 19.9 Å². The van der Waals surface area contributed by atoms with Gasteiger partial charge in [-0.3, -0.25) is 28.8 Å². The van der Waals surface area contributed by atoms with Crippen LogP contribution in [-0.2, 0) is 0 Å². The van der Waals surface area contributed by atoms with Crippen LogP contribution in [0.3, 0.4) is 0 Å². The number of amides is 4. The molecule has 10 aromatic rings. The molecule has 88 heavy (non-hydrogen) atoms. The molecular weight excluding hydrogens is 1110 g/mol. The number of benzene rings is 6. The lowest BCUT2D eigenvalue weighted by molar-refractivity contribution is 0.0978. The number of rotatable bonds is 20. The van der Waals surface area contributed by atoms with E-state index in [0.717, 1.165) is 0 Å². The van der Waals surface area contributed by atoms with Gasteiger partial charge in [-0.25, -0.2) is 19.9 Å². The zero-order valence-electron chi connectivity index (χ0n) is 49.9. The minimum atomic E-state index is -0.758. The van der Waals surface area contributed by atoms with Crippen molar-refractivity contribution >= 4 is 102 Å². The number of hydrogen-bond donors (Lipinski definition) is 4. The number of nitrogens with zero attached hydrogens (tertiary/aromatic N) is 4. The van der Waals surface area contributed by atoms with E-state index in [1.807, 2.05) is 79.7 Å². The summed E-state index contributed by atoms with van der Waals surface area (Å²) in [6, 6.07) is 40.5. The summed E-state index contributed by atoms with van der Waals surface area (Å²) in [6.45, 7) is 17.2. The number of ketones is 2. The fourth-order valence-corrected chi connectivity index (χ4v) is 10.1. The van der Waals surface area contributed by atoms with E-state index in [2.05, 4.69) is 21.3 Å². The SMILES string of the molecule is CC(C)COc1cc(C(=O)Nc2ccccc2)nc2c1ccc1c(OCC(C)C)cc(C(=O)Nc3cccc4c3C(=O)c3c(NC(=O)c5cc(OCC(C)C)c6ccc7c(OCC(C)C)cc(C(=O)Nc8ccccc8)nc7c6n5)cccc3C4=O)nc12. The van der Waals surface area contributed by atoms with Crippen LogP contribution >= 0.6 is 0 Å². The molecule has 1 aliphatic rings. The molecule has 4 N–H and O–H groups in total. The molecular formula is C70H64N8O10. The van der Waals surface area contributed by atoms with Crippen LogP contribution in [0, 0.1) is 23.7 Å². The van der Waals surface area contributed by atoms with Crippen molar-refractivity contribution in [3.8, 4) is 23.0 Å². The number of carbonyl (C=O) groups excluding carboxylic acids is 6. The molecule has 0 unspecified atom stereocenters. The smallest absolute Gasteiger partial charge is 0.274 e. The van der Waals surface area contributed by atoms with Crippen LogP contribution in [0.4, 0.5) is 22.7 Å². The van der Waals surface area contributed by atoms with Crippen LogP contribution in [0.1, 0.15) is 129 Å². The van der Waals surface area contributed by atoms with Gasteiger partial charge in [0.15, 0.2) is 11.6 Å². The number of para-hydroxylation sites is 2. The van der Waals surface area contributed by atoms with Crippen LogP contribution in [-0.4, -0.2) is 81.6 Å². The first-order chi connectivity index (χ1) is 42.4. The minimum Gasteiger partial charge on any atom is -0.493 e. The molecule has 0 atom stereocenters. The summed E-state index contributed by atoms with van der Waals surface area (Å²) in [5, 5.41) is 13.6. The van der Waals surface area contributed by atoms with Gasteiger partial charge in [-0.2, -0.15) is 0 Å². The number of ether oxygens (including phenoxy) is 4. The summed E-state index contributed by atoms with van der Waals surface area (Å²) in [5.41, 5.74) is 1.77. The van der Waals surface area contributed by atoms with Gasteiger partial charge in [-0.1, -0.05) is 116 Å². The lowest BCUT2D eigenvalue weighted by atomic mass is 9.82. The van der Waals surface area contributed by atoms with Gasteiger partial charge in [0, 0.05) is 68.3 Å². The predicted molar refractivity (Wildman–Crippen MR) is 340 cm³/mol. The van der Waals surface area contributed by atoms with E-state index in [-0.39, 0.29) is 115 Å². The van der Waals surface area contributed by atoms with Crippen molar-refractivity contribution in [3.63, 3.8) is 0 Å². The average molecular weight is 1180 g/mol. The highest BCUT2D eigenvalue weighted by Gasteiger charge is 2.35. The van der Waals surface area contributed by atoms with Gasteiger partial charge in [0.1, 0.15) is 67.8 Å². The summed E-state index contributed by atoms with van der Waals surface area (Å²) in [7, 11) is 0. The highest BCUT2D eigenvalue weighted by Crippen LogP contribution is 2.40. The van der Waals surface area contributed by atoms with Gasteiger partial charge < -0.3 is 40.2 Å². The standard InChI is InChI=1S/C70H64N8O10/c1-37(2)33-85-55-29-51(67(81)71-41-17-11-9-12-18-41)73-61-43(55)25-27-45-57(87-35-39(5)6)31-53(75-63(45)61)69(83)77-49-23-15-21-47-59(49)66(80)60-48(65(47)79)22-16-24-50(60)78-70(84)54-32-58(88-36-40(7)8)46-28-26-44-56(86-34-38(3)4)30-52(74-62(44)64(46)76-54)68(82)72-42-19-13-10-14-20-42/h9-32,37-40H,33-36H2,1-8H3,(H,71,81)(H,72,82)(H,77,83)(H,78,84). The molecule has 0 saturated heterocycles. The Labute approximate surface area is 507 Å². The normalized spacial score (nSPS) is 12.0. The molecule has 4 heterocycles. The molecule has 11 rings (SSSR count). The van der Waals surface area contributed by atoms with E-state index >= 15 is 4.79 Å². The fourth-order valence-electron chi connectivity index (χ4n) is 10.1. The summed E-state index contributed by atoms with van der Waals surface area (Å²) >= 11 is 0. The number of fused-ring (bicyclic) bond motifs is 8. The maximum absolute atomic E-state index is 15.2.